The number of hydrogen-bond acceptors (Lipinski definition) is 3. The molecule has 20 heavy (non-hydrogen) atoms. The third-order valence-electron chi connectivity index (χ3n) is 2.82. The molecule has 1 aliphatic rings. The van der Waals surface area contributed by atoms with E-state index in [-0.39, 0.29) is 11.3 Å². The molecule has 122 valence electrons. The molecule has 0 radical (unpaired) electrons. The SMILES string of the molecule is CC.CC.CCNCC1(CNC(=O)CC(C)C)COC1. The molecule has 1 aliphatic heterocycles. The molecule has 1 amide bonds. The third-order valence-corrected chi connectivity index (χ3v) is 2.82. The number of hydrogen-bond donors (Lipinski definition) is 2. The van der Waals surface area contributed by atoms with Crippen LogP contribution in [0, 0.1) is 11.3 Å². The van der Waals surface area contributed by atoms with E-state index in [4.69, 9.17) is 4.74 Å². The molecule has 0 unspecified atom stereocenters. The minimum atomic E-state index is 0.128. The van der Waals surface area contributed by atoms with Gasteiger partial charge in [0.15, 0.2) is 0 Å². The van der Waals surface area contributed by atoms with Crippen LogP contribution in [0.1, 0.15) is 54.9 Å². The highest BCUT2D eigenvalue weighted by atomic mass is 16.5. The summed E-state index contributed by atoms with van der Waals surface area (Å²) in [4.78, 5) is 11.5. The fourth-order valence-corrected chi connectivity index (χ4v) is 1.78. The van der Waals surface area contributed by atoms with Crippen molar-refractivity contribution in [1.29, 1.82) is 0 Å². The number of rotatable bonds is 7. The van der Waals surface area contributed by atoms with Crippen LogP contribution in [-0.4, -0.2) is 38.8 Å². The van der Waals surface area contributed by atoms with Gasteiger partial charge >= 0.3 is 0 Å². The summed E-state index contributed by atoms with van der Waals surface area (Å²) in [5.74, 6) is 0.570. The smallest absolute Gasteiger partial charge is 0.220 e. The number of ether oxygens (including phenoxy) is 1. The normalized spacial score (nSPS) is 15.2. The summed E-state index contributed by atoms with van der Waals surface area (Å²) in [5.41, 5.74) is 0.128. The summed E-state index contributed by atoms with van der Waals surface area (Å²) in [7, 11) is 0. The highest BCUT2D eigenvalue weighted by molar-refractivity contribution is 5.76. The quantitative estimate of drug-likeness (QED) is 0.757. The number of amides is 1. The van der Waals surface area contributed by atoms with Crippen molar-refractivity contribution in [2.24, 2.45) is 11.3 Å². The molecule has 1 fully saturated rings. The van der Waals surface area contributed by atoms with Gasteiger partial charge in [0.1, 0.15) is 0 Å². The summed E-state index contributed by atoms with van der Waals surface area (Å²) >= 11 is 0. The molecule has 1 heterocycles. The maximum Gasteiger partial charge on any atom is 0.220 e. The Hall–Kier alpha value is -0.610. The van der Waals surface area contributed by atoms with Gasteiger partial charge in [0, 0.05) is 24.9 Å². The van der Waals surface area contributed by atoms with Gasteiger partial charge in [0.2, 0.25) is 5.91 Å². The molecule has 4 heteroatoms. The highest BCUT2D eigenvalue weighted by Gasteiger charge is 2.38. The van der Waals surface area contributed by atoms with Gasteiger partial charge in [-0.3, -0.25) is 4.79 Å². The lowest BCUT2D eigenvalue weighted by Crippen LogP contribution is -2.56. The van der Waals surface area contributed by atoms with E-state index in [0.717, 1.165) is 32.8 Å². The molecule has 0 bridgehead atoms. The van der Waals surface area contributed by atoms with Crippen LogP contribution < -0.4 is 10.6 Å². The fraction of sp³-hybridized carbons (Fsp3) is 0.938. The molecule has 1 rings (SSSR count). The van der Waals surface area contributed by atoms with E-state index in [1.807, 2.05) is 27.7 Å². The lowest BCUT2D eigenvalue weighted by molar-refractivity contribution is -0.129. The van der Waals surface area contributed by atoms with Crippen LogP contribution in [0.4, 0.5) is 0 Å². The van der Waals surface area contributed by atoms with Crippen molar-refractivity contribution in [1.82, 2.24) is 10.6 Å². The number of carbonyl (C=O) groups is 1. The fourth-order valence-electron chi connectivity index (χ4n) is 1.78. The molecule has 0 aromatic rings. The van der Waals surface area contributed by atoms with Crippen LogP contribution in [0.25, 0.3) is 0 Å². The van der Waals surface area contributed by atoms with Crippen molar-refractivity contribution in [2.45, 2.75) is 54.9 Å². The Bertz CT molecular complexity index is 227. The van der Waals surface area contributed by atoms with Crippen LogP contribution >= 0.6 is 0 Å². The molecule has 0 aromatic heterocycles. The zero-order chi connectivity index (χ0) is 16.0. The average molecular weight is 288 g/mol. The molecule has 0 saturated carbocycles. The molecule has 1 saturated heterocycles. The molecule has 0 aromatic carbocycles. The predicted molar refractivity (Wildman–Crippen MR) is 87.0 cm³/mol. The summed E-state index contributed by atoms with van der Waals surface area (Å²) in [6.45, 7) is 18.3. The Morgan fingerprint density at radius 2 is 1.70 bits per heavy atom. The van der Waals surface area contributed by atoms with Crippen molar-refractivity contribution in [3.63, 3.8) is 0 Å². The summed E-state index contributed by atoms with van der Waals surface area (Å²) in [6, 6.07) is 0. The van der Waals surface area contributed by atoms with Gasteiger partial charge in [-0.15, -0.1) is 0 Å². The van der Waals surface area contributed by atoms with Crippen LogP contribution in [-0.2, 0) is 9.53 Å². The molecular formula is C16H36N2O2. The van der Waals surface area contributed by atoms with Crippen molar-refractivity contribution in [3.8, 4) is 0 Å². The summed E-state index contributed by atoms with van der Waals surface area (Å²) in [5, 5.41) is 6.33. The van der Waals surface area contributed by atoms with Crippen LogP contribution in [0.15, 0.2) is 0 Å². The Labute approximate surface area is 126 Å². The van der Waals surface area contributed by atoms with E-state index >= 15 is 0 Å². The van der Waals surface area contributed by atoms with E-state index in [1.165, 1.54) is 0 Å². The first-order valence-corrected chi connectivity index (χ1v) is 8.13. The molecular weight excluding hydrogens is 252 g/mol. The van der Waals surface area contributed by atoms with Crippen molar-refractivity contribution in [3.05, 3.63) is 0 Å². The van der Waals surface area contributed by atoms with Gasteiger partial charge in [-0.2, -0.15) is 0 Å². The zero-order valence-electron chi connectivity index (χ0n) is 14.6. The van der Waals surface area contributed by atoms with E-state index in [0.29, 0.717) is 12.3 Å². The van der Waals surface area contributed by atoms with Crippen molar-refractivity contribution in [2.75, 3.05) is 32.8 Å². The monoisotopic (exact) mass is 288 g/mol. The maximum absolute atomic E-state index is 11.5. The standard InChI is InChI=1S/C12H24N2O2.2C2H6/c1-4-13-6-12(8-16-9-12)7-14-11(15)5-10(2)3;2*1-2/h10,13H,4-9H2,1-3H3,(H,14,15);2*1-2H3. The van der Waals surface area contributed by atoms with Crippen molar-refractivity contribution < 1.29 is 9.53 Å². The largest absolute Gasteiger partial charge is 0.380 e. The van der Waals surface area contributed by atoms with Crippen LogP contribution in [0.5, 0.6) is 0 Å². The first-order chi connectivity index (χ1) is 9.58. The second-order valence-electron chi connectivity index (χ2n) is 5.15. The Kier molecular flexibility index (Phi) is 14.5. The maximum atomic E-state index is 11.5. The van der Waals surface area contributed by atoms with Crippen LogP contribution in [0.3, 0.4) is 0 Å². The van der Waals surface area contributed by atoms with E-state index in [1.54, 1.807) is 0 Å². The summed E-state index contributed by atoms with van der Waals surface area (Å²) in [6.07, 6.45) is 0.609. The van der Waals surface area contributed by atoms with E-state index < -0.39 is 0 Å². The molecule has 0 aliphatic carbocycles. The Balaban J connectivity index is 0. The highest BCUT2D eigenvalue weighted by Crippen LogP contribution is 2.25. The van der Waals surface area contributed by atoms with E-state index in [2.05, 4.69) is 31.4 Å². The van der Waals surface area contributed by atoms with Gasteiger partial charge in [-0.25, -0.2) is 0 Å². The number of nitrogens with one attached hydrogen (secondary N) is 2. The third kappa shape index (κ3) is 9.32. The second-order valence-corrected chi connectivity index (χ2v) is 5.15. The van der Waals surface area contributed by atoms with Gasteiger partial charge in [0.25, 0.3) is 0 Å². The van der Waals surface area contributed by atoms with Crippen molar-refractivity contribution >= 4 is 5.91 Å². The average Bonchev–Trinajstić information content (AvgIpc) is 2.41. The predicted octanol–water partition coefficient (Wildman–Crippen LogP) is 2.83. The lowest BCUT2D eigenvalue weighted by atomic mass is 9.85. The first kappa shape index (κ1) is 21.7. The minimum absolute atomic E-state index is 0.128. The lowest BCUT2D eigenvalue weighted by Gasteiger charge is -2.41. The molecule has 2 N–H and O–H groups in total. The molecule has 0 spiro atoms. The van der Waals surface area contributed by atoms with Gasteiger partial charge < -0.3 is 15.4 Å². The Morgan fingerprint density at radius 3 is 2.05 bits per heavy atom. The summed E-state index contributed by atoms with van der Waals surface area (Å²) < 4.78 is 5.26. The first-order valence-electron chi connectivity index (χ1n) is 8.13. The molecule has 0 atom stereocenters. The van der Waals surface area contributed by atoms with Gasteiger partial charge in [-0.05, 0) is 12.5 Å². The Morgan fingerprint density at radius 1 is 1.15 bits per heavy atom. The topological polar surface area (TPSA) is 50.4 Å². The van der Waals surface area contributed by atoms with Gasteiger partial charge in [-0.1, -0.05) is 48.5 Å². The number of carbonyl (C=O) groups excluding carboxylic acids is 1. The van der Waals surface area contributed by atoms with Gasteiger partial charge in [0.05, 0.1) is 13.2 Å². The zero-order valence-corrected chi connectivity index (χ0v) is 14.6. The van der Waals surface area contributed by atoms with Crippen LogP contribution in [0.2, 0.25) is 0 Å². The van der Waals surface area contributed by atoms with E-state index in [9.17, 15) is 4.79 Å². The second kappa shape index (κ2) is 13.4. The molecule has 4 nitrogen and oxygen atoms in total. The minimum Gasteiger partial charge on any atom is -0.380 e.